The lowest BCUT2D eigenvalue weighted by atomic mass is 10.2. The number of anilines is 2. The van der Waals surface area contributed by atoms with Crippen molar-refractivity contribution in [1.29, 1.82) is 0 Å². The van der Waals surface area contributed by atoms with Crippen LogP contribution in [0.1, 0.15) is 19.5 Å². The monoisotopic (exact) mass is 410 g/mol. The first kappa shape index (κ1) is 19.3. The van der Waals surface area contributed by atoms with Gasteiger partial charge in [0.15, 0.2) is 5.82 Å². The Bertz CT molecular complexity index is 991. The molecule has 29 heavy (non-hydrogen) atoms. The molecule has 0 saturated heterocycles. The van der Waals surface area contributed by atoms with E-state index in [1.165, 1.54) is 0 Å². The third kappa shape index (κ3) is 4.52. The topological polar surface area (TPSA) is 89.8 Å². The number of rotatable bonds is 6. The first-order valence-electron chi connectivity index (χ1n) is 9.45. The summed E-state index contributed by atoms with van der Waals surface area (Å²) in [6.45, 7) is 6.44. The van der Waals surface area contributed by atoms with Gasteiger partial charge in [-0.05, 0) is 43.1 Å². The SMILES string of the molecule is Cc1cc(NC2=CN(Sc3ccc(NC(=O)C(C)C)cc3)CC3=NC=C[NH+]23)n[nH]1. The number of aryl methyl sites for hydroxylation is 1. The van der Waals surface area contributed by atoms with Crippen LogP contribution >= 0.6 is 11.9 Å². The molecule has 1 unspecified atom stereocenters. The maximum Gasteiger partial charge on any atom is 0.233 e. The number of aromatic nitrogens is 2. The highest BCUT2D eigenvalue weighted by atomic mass is 32.2. The number of nitrogens with one attached hydrogen (secondary N) is 4. The first-order chi connectivity index (χ1) is 14.0. The van der Waals surface area contributed by atoms with E-state index in [2.05, 4.69) is 36.3 Å². The predicted octanol–water partition coefficient (Wildman–Crippen LogP) is 2.31. The number of aromatic amines is 1. The highest BCUT2D eigenvalue weighted by Gasteiger charge is 2.32. The molecule has 4 rings (SSSR count). The maximum absolute atomic E-state index is 11.8. The largest absolute Gasteiger partial charge is 0.326 e. The Morgan fingerprint density at radius 3 is 2.79 bits per heavy atom. The van der Waals surface area contributed by atoms with E-state index in [0.717, 1.165) is 38.7 Å². The van der Waals surface area contributed by atoms with Gasteiger partial charge in [0.2, 0.25) is 17.6 Å². The molecule has 0 radical (unpaired) electrons. The van der Waals surface area contributed by atoms with Crippen molar-refractivity contribution in [2.75, 3.05) is 17.2 Å². The van der Waals surface area contributed by atoms with Crippen molar-refractivity contribution in [3.63, 3.8) is 0 Å². The zero-order valence-corrected chi connectivity index (χ0v) is 17.4. The summed E-state index contributed by atoms with van der Waals surface area (Å²) < 4.78 is 2.14. The van der Waals surface area contributed by atoms with Crippen molar-refractivity contribution in [3.8, 4) is 0 Å². The summed E-state index contributed by atoms with van der Waals surface area (Å²) in [5, 5.41) is 13.5. The van der Waals surface area contributed by atoms with Crippen LogP contribution in [0.2, 0.25) is 0 Å². The number of amides is 1. The van der Waals surface area contributed by atoms with E-state index in [-0.39, 0.29) is 11.8 Å². The van der Waals surface area contributed by atoms with Gasteiger partial charge in [-0.2, -0.15) is 5.10 Å². The van der Waals surface area contributed by atoms with Crippen molar-refractivity contribution in [2.45, 2.75) is 25.7 Å². The lowest BCUT2D eigenvalue weighted by molar-refractivity contribution is -0.699. The van der Waals surface area contributed by atoms with Crippen LogP contribution in [0.5, 0.6) is 0 Å². The van der Waals surface area contributed by atoms with Gasteiger partial charge in [0.25, 0.3) is 0 Å². The Hall–Kier alpha value is -3.04. The lowest BCUT2D eigenvalue weighted by Crippen LogP contribution is -3.10. The van der Waals surface area contributed by atoms with E-state index < -0.39 is 0 Å². The zero-order valence-electron chi connectivity index (χ0n) is 16.6. The summed E-state index contributed by atoms with van der Waals surface area (Å²) in [5.74, 6) is 2.73. The van der Waals surface area contributed by atoms with Crippen LogP contribution in [-0.4, -0.2) is 32.8 Å². The van der Waals surface area contributed by atoms with Gasteiger partial charge in [0, 0.05) is 28.3 Å². The highest BCUT2D eigenvalue weighted by Crippen LogP contribution is 2.26. The number of benzene rings is 1. The Kier molecular flexibility index (Phi) is 5.41. The smallest absolute Gasteiger partial charge is 0.233 e. The minimum atomic E-state index is -0.0435. The standard InChI is InChI=1S/C20H23N7OS/c1-13(2)20(28)22-15-4-6-16(7-5-15)29-26-11-18-21-8-9-27(18)19(12-26)23-17-10-14(3)24-25-17/h4-10,12-13H,11H2,1-3H3,(H,22,28)(H2,23,24,25)/p+1. The quantitative estimate of drug-likeness (QED) is 0.549. The van der Waals surface area contributed by atoms with E-state index in [0.29, 0.717) is 6.54 Å². The van der Waals surface area contributed by atoms with E-state index in [1.807, 2.05) is 63.5 Å². The molecule has 0 fully saturated rings. The van der Waals surface area contributed by atoms with Gasteiger partial charge in [-0.15, -0.1) is 0 Å². The molecular formula is C20H24N7OS+. The van der Waals surface area contributed by atoms with Gasteiger partial charge in [0.1, 0.15) is 12.7 Å². The van der Waals surface area contributed by atoms with Crippen LogP contribution < -0.4 is 15.5 Å². The number of aliphatic imine (C=N–C) groups is 1. The molecule has 8 nitrogen and oxygen atoms in total. The second-order valence-electron chi connectivity index (χ2n) is 7.24. The number of fused-ring (bicyclic) bond motifs is 1. The number of amidine groups is 1. The van der Waals surface area contributed by atoms with Gasteiger partial charge in [-0.25, -0.2) is 9.89 Å². The number of quaternary nitrogens is 1. The van der Waals surface area contributed by atoms with Crippen LogP contribution in [0.15, 0.2) is 64.6 Å². The number of carbonyl (C=O) groups is 1. The molecule has 9 heteroatoms. The number of hydrogen-bond acceptors (Lipinski definition) is 6. The van der Waals surface area contributed by atoms with Crippen LogP contribution in [0.25, 0.3) is 0 Å². The lowest BCUT2D eigenvalue weighted by Gasteiger charge is -2.27. The molecule has 150 valence electrons. The van der Waals surface area contributed by atoms with Crippen molar-refractivity contribution in [3.05, 3.63) is 60.4 Å². The normalized spacial score (nSPS) is 17.8. The van der Waals surface area contributed by atoms with Crippen LogP contribution in [0.3, 0.4) is 0 Å². The summed E-state index contributed by atoms with van der Waals surface area (Å²) in [5.41, 5.74) is 1.80. The molecule has 0 spiro atoms. The Balaban J connectivity index is 1.47. The molecule has 1 aromatic heterocycles. The molecule has 1 aromatic carbocycles. The second kappa shape index (κ2) is 8.14. The average molecular weight is 411 g/mol. The van der Waals surface area contributed by atoms with Gasteiger partial charge < -0.3 is 5.32 Å². The Morgan fingerprint density at radius 1 is 1.31 bits per heavy atom. The van der Waals surface area contributed by atoms with Crippen molar-refractivity contribution >= 4 is 35.2 Å². The molecular weight excluding hydrogens is 386 g/mol. The highest BCUT2D eigenvalue weighted by molar-refractivity contribution is 7.97. The predicted molar refractivity (Wildman–Crippen MR) is 115 cm³/mol. The molecule has 2 aromatic rings. The number of hydrogen-bond donors (Lipinski definition) is 4. The molecule has 3 heterocycles. The van der Waals surface area contributed by atoms with E-state index in [1.54, 1.807) is 11.9 Å². The maximum atomic E-state index is 11.8. The minimum absolute atomic E-state index is 0.0171. The molecule has 2 aliphatic heterocycles. The van der Waals surface area contributed by atoms with E-state index >= 15 is 0 Å². The molecule has 1 atom stereocenters. The van der Waals surface area contributed by atoms with Gasteiger partial charge in [0.05, 0.1) is 12.4 Å². The fourth-order valence-corrected chi connectivity index (χ4v) is 3.82. The minimum Gasteiger partial charge on any atom is -0.326 e. The second-order valence-corrected chi connectivity index (χ2v) is 8.37. The van der Waals surface area contributed by atoms with Gasteiger partial charge >= 0.3 is 0 Å². The molecule has 4 N–H and O–H groups in total. The molecule has 1 amide bonds. The van der Waals surface area contributed by atoms with E-state index in [4.69, 9.17) is 0 Å². The molecule has 0 bridgehead atoms. The van der Waals surface area contributed by atoms with Crippen molar-refractivity contribution in [1.82, 2.24) is 14.5 Å². The zero-order chi connectivity index (χ0) is 20.4. The molecule has 0 saturated carbocycles. The van der Waals surface area contributed by atoms with Gasteiger partial charge in [-0.3, -0.25) is 19.5 Å². The third-order valence-corrected chi connectivity index (χ3v) is 5.44. The van der Waals surface area contributed by atoms with Gasteiger partial charge in [-0.1, -0.05) is 13.8 Å². The third-order valence-electron chi connectivity index (χ3n) is 4.49. The first-order valence-corrected chi connectivity index (χ1v) is 10.2. The molecule has 0 aliphatic carbocycles. The summed E-state index contributed by atoms with van der Waals surface area (Å²) in [7, 11) is 0. The summed E-state index contributed by atoms with van der Waals surface area (Å²) >= 11 is 1.62. The van der Waals surface area contributed by atoms with Crippen molar-refractivity contribution in [2.24, 2.45) is 10.9 Å². The van der Waals surface area contributed by atoms with Crippen molar-refractivity contribution < 1.29 is 9.69 Å². The number of nitrogens with zero attached hydrogens (tertiary/aromatic N) is 3. The Labute approximate surface area is 173 Å². The fraction of sp³-hybridized carbons (Fsp3) is 0.250. The van der Waals surface area contributed by atoms with Crippen LogP contribution in [-0.2, 0) is 4.79 Å². The molecule has 2 aliphatic rings. The number of carbonyl (C=O) groups excluding carboxylic acids is 1. The average Bonchev–Trinajstić information content (AvgIpc) is 3.32. The summed E-state index contributed by atoms with van der Waals surface area (Å²) in [6.07, 6.45) is 5.92. The van der Waals surface area contributed by atoms with E-state index in [9.17, 15) is 4.79 Å². The van der Waals surface area contributed by atoms with Crippen LogP contribution in [0.4, 0.5) is 11.5 Å². The fourth-order valence-electron chi connectivity index (χ4n) is 2.94. The summed E-state index contributed by atoms with van der Waals surface area (Å²) in [4.78, 5) is 18.5. The Morgan fingerprint density at radius 2 is 2.10 bits per heavy atom. The summed E-state index contributed by atoms with van der Waals surface area (Å²) in [6, 6.07) is 9.83. The van der Waals surface area contributed by atoms with Crippen LogP contribution in [0, 0.1) is 12.8 Å². The number of H-pyrrole nitrogens is 1.